The Balaban J connectivity index is 1.74. The molecule has 1 amide bonds. The topological polar surface area (TPSA) is 57.2 Å². The second-order valence-electron chi connectivity index (χ2n) is 4.50. The van der Waals surface area contributed by atoms with E-state index in [0.29, 0.717) is 11.1 Å². The van der Waals surface area contributed by atoms with Gasteiger partial charge in [-0.25, -0.2) is 9.82 Å². The monoisotopic (exact) mass is 281 g/mol. The molecule has 2 aromatic carbocycles. The molecule has 3 rings (SSSR count). The summed E-state index contributed by atoms with van der Waals surface area (Å²) in [4.78, 5) is 15.1. The number of benzene rings is 2. The van der Waals surface area contributed by atoms with E-state index in [2.05, 4.69) is 15.5 Å². The predicted octanol–water partition coefficient (Wildman–Crippen LogP) is 3.07. The molecule has 5 heteroatoms. The zero-order chi connectivity index (χ0) is 14.7. The number of carbonyl (C=O) groups is 1. The zero-order valence-corrected chi connectivity index (χ0v) is 11.0. The van der Waals surface area contributed by atoms with Crippen LogP contribution in [0.4, 0.5) is 4.39 Å². The Morgan fingerprint density at radius 3 is 2.76 bits per heavy atom. The van der Waals surface area contributed by atoms with Gasteiger partial charge in [-0.05, 0) is 29.8 Å². The van der Waals surface area contributed by atoms with E-state index >= 15 is 0 Å². The Morgan fingerprint density at radius 2 is 1.95 bits per heavy atom. The number of nitrogens with zero attached hydrogens (tertiary/aromatic N) is 1. The number of carbonyl (C=O) groups excluding carboxylic acids is 1. The fraction of sp³-hybridized carbons (Fsp3) is 0. The van der Waals surface area contributed by atoms with Gasteiger partial charge in [0.1, 0.15) is 5.82 Å². The van der Waals surface area contributed by atoms with Crippen LogP contribution in [0.15, 0.2) is 59.8 Å². The van der Waals surface area contributed by atoms with Crippen LogP contribution in [-0.4, -0.2) is 17.1 Å². The summed E-state index contributed by atoms with van der Waals surface area (Å²) < 4.78 is 12.8. The lowest BCUT2D eigenvalue weighted by Gasteiger charge is -2.01. The van der Waals surface area contributed by atoms with Crippen molar-refractivity contribution in [2.24, 2.45) is 5.10 Å². The van der Waals surface area contributed by atoms with Crippen molar-refractivity contribution in [3.8, 4) is 0 Å². The molecule has 0 saturated heterocycles. The smallest absolute Gasteiger partial charge is 0.273 e. The molecule has 21 heavy (non-hydrogen) atoms. The molecular formula is C16H12FN3O. The molecule has 4 nitrogen and oxygen atoms in total. The Morgan fingerprint density at radius 1 is 1.14 bits per heavy atom. The van der Waals surface area contributed by atoms with Crippen molar-refractivity contribution in [3.05, 3.63) is 71.7 Å². The number of nitrogens with one attached hydrogen (secondary N) is 2. The Labute approximate surface area is 120 Å². The Bertz CT molecular complexity index is 806. The van der Waals surface area contributed by atoms with Crippen molar-refractivity contribution in [1.29, 1.82) is 0 Å². The highest BCUT2D eigenvalue weighted by atomic mass is 19.1. The number of hydrogen-bond donors (Lipinski definition) is 2. The van der Waals surface area contributed by atoms with E-state index in [4.69, 9.17) is 0 Å². The average Bonchev–Trinajstić information content (AvgIpc) is 2.97. The first-order chi connectivity index (χ1) is 10.2. The van der Waals surface area contributed by atoms with Gasteiger partial charge in [-0.15, -0.1) is 0 Å². The zero-order valence-electron chi connectivity index (χ0n) is 11.0. The molecule has 104 valence electrons. The predicted molar refractivity (Wildman–Crippen MR) is 79.8 cm³/mol. The maximum Gasteiger partial charge on any atom is 0.273 e. The number of amides is 1. The standard InChI is InChI=1S/C16H12FN3O/c17-13-6-4-11(5-7-13)10-19-20-16(21)14-3-1-2-12-8-9-18-15(12)14/h1-10,18H,(H,20,21)/b19-10-. The molecule has 1 heterocycles. The third kappa shape index (κ3) is 2.81. The molecule has 0 spiro atoms. The molecule has 1 aromatic heterocycles. The summed E-state index contributed by atoms with van der Waals surface area (Å²) in [6.45, 7) is 0. The first-order valence-corrected chi connectivity index (χ1v) is 6.39. The number of rotatable bonds is 3. The van der Waals surface area contributed by atoms with E-state index in [9.17, 15) is 9.18 Å². The lowest BCUT2D eigenvalue weighted by atomic mass is 10.1. The first-order valence-electron chi connectivity index (χ1n) is 6.39. The quantitative estimate of drug-likeness (QED) is 0.562. The highest BCUT2D eigenvalue weighted by Gasteiger charge is 2.09. The minimum absolute atomic E-state index is 0.304. The van der Waals surface area contributed by atoms with Gasteiger partial charge in [0, 0.05) is 11.6 Å². The van der Waals surface area contributed by atoms with Crippen molar-refractivity contribution in [2.45, 2.75) is 0 Å². The number of hydrazone groups is 1. The number of halogens is 1. The van der Waals surface area contributed by atoms with E-state index in [1.54, 1.807) is 24.4 Å². The van der Waals surface area contributed by atoms with Gasteiger partial charge in [0.2, 0.25) is 0 Å². The number of para-hydroxylation sites is 1. The largest absolute Gasteiger partial charge is 0.361 e. The normalized spacial score (nSPS) is 11.1. The molecule has 0 aliphatic heterocycles. The maximum atomic E-state index is 12.8. The number of hydrogen-bond acceptors (Lipinski definition) is 2. The maximum absolute atomic E-state index is 12.8. The van der Waals surface area contributed by atoms with Crippen molar-refractivity contribution in [1.82, 2.24) is 10.4 Å². The van der Waals surface area contributed by atoms with Gasteiger partial charge in [-0.2, -0.15) is 5.10 Å². The van der Waals surface area contributed by atoms with E-state index in [0.717, 1.165) is 10.9 Å². The molecule has 0 aliphatic carbocycles. The summed E-state index contributed by atoms with van der Waals surface area (Å²) in [5.74, 6) is -0.615. The van der Waals surface area contributed by atoms with Crippen LogP contribution >= 0.6 is 0 Å². The first kappa shape index (κ1) is 13.1. The van der Waals surface area contributed by atoms with Crippen LogP contribution in [0.25, 0.3) is 10.9 Å². The minimum atomic E-state index is -0.311. The third-order valence-corrected chi connectivity index (χ3v) is 3.08. The van der Waals surface area contributed by atoms with Gasteiger partial charge in [0.25, 0.3) is 5.91 Å². The van der Waals surface area contributed by atoms with E-state index in [1.165, 1.54) is 18.3 Å². The average molecular weight is 281 g/mol. The fourth-order valence-corrected chi connectivity index (χ4v) is 2.05. The minimum Gasteiger partial charge on any atom is -0.361 e. The molecule has 0 atom stereocenters. The summed E-state index contributed by atoms with van der Waals surface area (Å²) >= 11 is 0. The lowest BCUT2D eigenvalue weighted by Crippen LogP contribution is -2.17. The summed E-state index contributed by atoms with van der Waals surface area (Å²) in [5, 5.41) is 4.84. The van der Waals surface area contributed by atoms with Gasteiger partial charge >= 0.3 is 0 Å². The van der Waals surface area contributed by atoms with Gasteiger partial charge < -0.3 is 4.98 Å². The molecule has 0 radical (unpaired) electrons. The number of aromatic amines is 1. The van der Waals surface area contributed by atoms with E-state index < -0.39 is 0 Å². The van der Waals surface area contributed by atoms with Crippen LogP contribution in [0, 0.1) is 5.82 Å². The van der Waals surface area contributed by atoms with Crippen molar-refractivity contribution >= 4 is 23.0 Å². The lowest BCUT2D eigenvalue weighted by molar-refractivity contribution is 0.0956. The second-order valence-corrected chi connectivity index (χ2v) is 4.50. The molecule has 0 aliphatic rings. The van der Waals surface area contributed by atoms with Crippen LogP contribution in [0.2, 0.25) is 0 Å². The summed E-state index contributed by atoms with van der Waals surface area (Å²) in [6, 6.07) is 13.2. The third-order valence-electron chi connectivity index (χ3n) is 3.08. The Kier molecular flexibility index (Phi) is 3.47. The van der Waals surface area contributed by atoms with Crippen molar-refractivity contribution < 1.29 is 9.18 Å². The van der Waals surface area contributed by atoms with Crippen molar-refractivity contribution in [3.63, 3.8) is 0 Å². The SMILES string of the molecule is O=C(N/N=C\c1ccc(F)cc1)c1cccc2cc[nH]c12. The number of H-pyrrole nitrogens is 1. The van der Waals surface area contributed by atoms with Crippen molar-refractivity contribution in [2.75, 3.05) is 0 Å². The highest BCUT2D eigenvalue weighted by molar-refractivity contribution is 6.05. The Hall–Kier alpha value is -2.95. The molecule has 0 unspecified atom stereocenters. The summed E-state index contributed by atoms with van der Waals surface area (Å²) in [5.41, 5.74) is 4.46. The van der Waals surface area contributed by atoms with Crippen LogP contribution in [0.5, 0.6) is 0 Å². The molecule has 0 fully saturated rings. The molecule has 0 bridgehead atoms. The second kappa shape index (κ2) is 5.58. The fourth-order valence-electron chi connectivity index (χ4n) is 2.05. The van der Waals surface area contributed by atoms with Crippen LogP contribution < -0.4 is 5.43 Å². The van der Waals surface area contributed by atoms with Crippen LogP contribution in [-0.2, 0) is 0 Å². The summed E-state index contributed by atoms with van der Waals surface area (Å²) in [6.07, 6.45) is 3.25. The van der Waals surface area contributed by atoms with Crippen LogP contribution in [0.3, 0.4) is 0 Å². The number of aromatic nitrogens is 1. The number of fused-ring (bicyclic) bond motifs is 1. The molecule has 2 N–H and O–H groups in total. The van der Waals surface area contributed by atoms with Crippen LogP contribution in [0.1, 0.15) is 15.9 Å². The highest BCUT2D eigenvalue weighted by Crippen LogP contribution is 2.16. The van der Waals surface area contributed by atoms with Gasteiger partial charge in [0.15, 0.2) is 0 Å². The molecule has 3 aromatic rings. The van der Waals surface area contributed by atoms with E-state index in [-0.39, 0.29) is 11.7 Å². The van der Waals surface area contributed by atoms with E-state index in [1.807, 2.05) is 18.2 Å². The molecule has 0 saturated carbocycles. The van der Waals surface area contributed by atoms with Gasteiger partial charge in [0.05, 0.1) is 17.3 Å². The van der Waals surface area contributed by atoms with Gasteiger partial charge in [-0.3, -0.25) is 4.79 Å². The molecular weight excluding hydrogens is 269 g/mol. The summed E-state index contributed by atoms with van der Waals surface area (Å²) in [7, 11) is 0. The van der Waals surface area contributed by atoms with Gasteiger partial charge in [-0.1, -0.05) is 24.3 Å².